The highest BCUT2D eigenvalue weighted by molar-refractivity contribution is 5.77. The second-order valence-corrected chi connectivity index (χ2v) is 16.4. The maximum absolute atomic E-state index is 12.9. The zero-order valence-electron chi connectivity index (χ0n) is 36.4. The van der Waals surface area contributed by atoms with Gasteiger partial charge in [0.05, 0.1) is 6.61 Å². The maximum Gasteiger partial charge on any atom is 0.366 e. The number of carbonyl (C=O) groups is 2. The topological polar surface area (TPSA) is 218 Å². The number of hydrogen-bond acceptors (Lipinski definition) is 13. The molecule has 0 aliphatic carbocycles. The van der Waals surface area contributed by atoms with Gasteiger partial charge in [-0.1, -0.05) is 149 Å². The molecule has 13 heteroatoms. The van der Waals surface area contributed by atoms with Gasteiger partial charge in [-0.25, -0.2) is 14.5 Å². The summed E-state index contributed by atoms with van der Waals surface area (Å²) in [5.74, 6) is -11.6. The van der Waals surface area contributed by atoms with Crippen molar-refractivity contribution in [3.63, 3.8) is 0 Å². The number of unbranched alkanes of at least 4 members (excludes halogenated alkanes) is 22. The monoisotopic (exact) mass is 822 g/mol. The lowest BCUT2D eigenvalue weighted by atomic mass is 10.0. The molecule has 0 amide bonds. The van der Waals surface area contributed by atoms with Gasteiger partial charge >= 0.3 is 23.8 Å². The van der Waals surface area contributed by atoms with Crippen LogP contribution >= 0.6 is 0 Å². The third-order valence-corrected chi connectivity index (χ3v) is 10.9. The van der Waals surface area contributed by atoms with Crippen molar-refractivity contribution >= 4 is 11.9 Å². The molecule has 0 fully saturated rings. The highest BCUT2D eigenvalue weighted by Crippen LogP contribution is 2.24. The van der Waals surface area contributed by atoms with E-state index < -0.39 is 35.7 Å². The van der Waals surface area contributed by atoms with E-state index in [1.165, 1.54) is 70.6 Å². The molecule has 0 spiro atoms. The molecule has 0 aromatic rings. The molecule has 8 N–H and O–H groups in total. The minimum atomic E-state index is -3.85. The number of carbonyl (C=O) groups excluding carboxylic acids is 2. The molecule has 57 heavy (non-hydrogen) atoms. The Labute approximate surface area is 345 Å². The standard InChI is InChI=1S/C44H87NO12/c1-4-7-10-13-16-17-18-23-30-37-56-40(47)39(46)33-26-29-36-45(43(51,52)44(53,54)55)35-28-22-21-27-34-42(49,50)41(48)57-38(31-24-19-14-11-8-5-2)32-25-20-15-12-9-6-3/h38-39,46,49-55H,4-37H2,1-3H3. The molecule has 0 aromatic carbocycles. The molecule has 0 bridgehead atoms. The summed E-state index contributed by atoms with van der Waals surface area (Å²) in [7, 11) is 0. The van der Waals surface area contributed by atoms with Gasteiger partial charge in [0, 0.05) is 19.5 Å². The normalized spacial score (nSPS) is 13.1. The van der Waals surface area contributed by atoms with Crippen molar-refractivity contribution in [3.8, 4) is 0 Å². The van der Waals surface area contributed by atoms with Gasteiger partial charge in [0.25, 0.3) is 5.79 Å². The van der Waals surface area contributed by atoms with Crippen LogP contribution in [-0.2, 0) is 19.1 Å². The van der Waals surface area contributed by atoms with Crippen LogP contribution in [0.3, 0.4) is 0 Å². The van der Waals surface area contributed by atoms with E-state index in [9.17, 15) is 50.4 Å². The smallest absolute Gasteiger partial charge is 0.366 e. The van der Waals surface area contributed by atoms with Gasteiger partial charge in [0.2, 0.25) is 0 Å². The summed E-state index contributed by atoms with van der Waals surface area (Å²) in [6, 6.07) is 0. The van der Waals surface area contributed by atoms with Crippen molar-refractivity contribution in [2.75, 3.05) is 19.7 Å². The molecule has 0 aliphatic rings. The third kappa shape index (κ3) is 28.6. The number of esters is 2. The highest BCUT2D eigenvalue weighted by Gasteiger charge is 2.51. The summed E-state index contributed by atoms with van der Waals surface area (Å²) in [4.78, 5) is 26.0. The number of nitrogens with zero attached hydrogens (tertiary/aromatic N) is 1. The summed E-state index contributed by atoms with van der Waals surface area (Å²) < 4.78 is 10.9. The van der Waals surface area contributed by atoms with Crippen LogP contribution < -0.4 is 0 Å². The lowest BCUT2D eigenvalue weighted by Crippen LogP contribution is -2.65. The third-order valence-electron chi connectivity index (χ3n) is 10.9. The number of ether oxygens (including phenoxy) is 2. The quantitative estimate of drug-likeness (QED) is 0.0174. The molecule has 13 nitrogen and oxygen atoms in total. The molecule has 0 saturated heterocycles. The molecule has 0 rings (SSSR count). The Bertz CT molecular complexity index is 942. The molecular formula is C44H87NO12. The Morgan fingerprint density at radius 2 is 0.895 bits per heavy atom. The van der Waals surface area contributed by atoms with Crippen LogP contribution in [0.5, 0.6) is 0 Å². The van der Waals surface area contributed by atoms with Gasteiger partial charge in [0.15, 0.2) is 6.10 Å². The van der Waals surface area contributed by atoms with E-state index >= 15 is 0 Å². The molecule has 0 aromatic heterocycles. The van der Waals surface area contributed by atoms with Gasteiger partial charge in [-0.05, 0) is 64.2 Å². The van der Waals surface area contributed by atoms with Crippen LogP contribution in [0.2, 0.25) is 0 Å². The van der Waals surface area contributed by atoms with E-state index in [2.05, 4.69) is 20.8 Å². The molecule has 0 saturated carbocycles. The van der Waals surface area contributed by atoms with Gasteiger partial charge in [-0.2, -0.15) is 0 Å². The fraction of sp³-hybridized carbons (Fsp3) is 0.955. The van der Waals surface area contributed by atoms with Crippen LogP contribution in [0.4, 0.5) is 0 Å². The van der Waals surface area contributed by atoms with Gasteiger partial charge in [0.1, 0.15) is 6.10 Å². The molecule has 1 atom stereocenters. The Morgan fingerprint density at radius 3 is 1.37 bits per heavy atom. The average molecular weight is 822 g/mol. The fourth-order valence-electron chi connectivity index (χ4n) is 7.02. The predicted molar refractivity (Wildman–Crippen MR) is 222 cm³/mol. The first kappa shape index (κ1) is 55.6. The average Bonchev–Trinajstić information content (AvgIpc) is 3.16. The second kappa shape index (κ2) is 34.3. The van der Waals surface area contributed by atoms with Gasteiger partial charge < -0.3 is 50.3 Å². The van der Waals surface area contributed by atoms with Gasteiger partial charge in [-0.15, -0.1) is 0 Å². The van der Waals surface area contributed by atoms with Crippen molar-refractivity contribution in [2.45, 2.75) is 250 Å². The largest absolute Gasteiger partial charge is 0.464 e. The van der Waals surface area contributed by atoms with Crippen LogP contribution in [0.25, 0.3) is 0 Å². The predicted octanol–water partition coefficient (Wildman–Crippen LogP) is 7.21. The minimum Gasteiger partial charge on any atom is -0.464 e. The Kier molecular flexibility index (Phi) is 33.5. The zero-order chi connectivity index (χ0) is 42.8. The minimum absolute atomic E-state index is 0.0577. The summed E-state index contributed by atoms with van der Waals surface area (Å²) in [5.41, 5.74) is 0. The molecule has 1 unspecified atom stereocenters. The highest BCUT2D eigenvalue weighted by atomic mass is 16.7. The molecule has 340 valence electrons. The van der Waals surface area contributed by atoms with Crippen molar-refractivity contribution in [1.82, 2.24) is 4.90 Å². The number of hydrogen-bond donors (Lipinski definition) is 8. The number of aliphatic hydroxyl groups is 8. The summed E-state index contributed by atoms with van der Waals surface area (Å²) >= 11 is 0. The summed E-state index contributed by atoms with van der Waals surface area (Å²) in [6.07, 6.45) is 25.0. The van der Waals surface area contributed by atoms with E-state index in [1.807, 2.05) is 0 Å². The van der Waals surface area contributed by atoms with Crippen LogP contribution in [0.1, 0.15) is 220 Å². The van der Waals surface area contributed by atoms with E-state index in [0.717, 1.165) is 69.1 Å². The van der Waals surface area contributed by atoms with Crippen molar-refractivity contribution in [2.24, 2.45) is 0 Å². The summed E-state index contributed by atoms with van der Waals surface area (Å²) in [6.45, 7) is 6.59. The molecule has 0 heterocycles. The first-order valence-corrected chi connectivity index (χ1v) is 23.0. The van der Waals surface area contributed by atoms with Crippen molar-refractivity contribution < 1.29 is 59.9 Å². The Hall–Kier alpha value is -1.42. The maximum atomic E-state index is 12.9. The van der Waals surface area contributed by atoms with Gasteiger partial charge in [-0.3, -0.25) is 0 Å². The van der Waals surface area contributed by atoms with Crippen LogP contribution in [0, 0.1) is 0 Å². The fourth-order valence-corrected chi connectivity index (χ4v) is 7.02. The Balaban J connectivity index is 4.71. The Morgan fingerprint density at radius 1 is 0.509 bits per heavy atom. The van der Waals surface area contributed by atoms with E-state index in [0.29, 0.717) is 32.1 Å². The number of rotatable bonds is 41. The lowest BCUT2D eigenvalue weighted by molar-refractivity contribution is -0.486. The second-order valence-electron chi connectivity index (χ2n) is 16.4. The first-order valence-electron chi connectivity index (χ1n) is 23.0. The summed E-state index contributed by atoms with van der Waals surface area (Å²) in [5, 5.41) is 81.0. The first-order chi connectivity index (χ1) is 27.1. The number of aliphatic hydroxyl groups excluding tert-OH is 1. The van der Waals surface area contributed by atoms with E-state index in [4.69, 9.17) is 9.47 Å². The van der Waals surface area contributed by atoms with Crippen LogP contribution in [-0.4, -0.2) is 107 Å². The zero-order valence-corrected chi connectivity index (χ0v) is 36.4. The van der Waals surface area contributed by atoms with Crippen molar-refractivity contribution in [3.05, 3.63) is 0 Å². The SMILES string of the molecule is CCCCCCCCCCCOC(=O)C(O)CCCCN(CCCCCCC(O)(O)C(=O)OC(CCCCCCCC)CCCCCCCC)C(O)(O)C(O)(O)O. The molecule has 0 radical (unpaired) electrons. The van der Waals surface area contributed by atoms with E-state index in [-0.39, 0.29) is 57.9 Å². The van der Waals surface area contributed by atoms with E-state index in [1.54, 1.807) is 0 Å². The molecule has 0 aliphatic heterocycles. The van der Waals surface area contributed by atoms with Crippen LogP contribution in [0.15, 0.2) is 0 Å². The lowest BCUT2D eigenvalue weighted by Gasteiger charge is -2.39. The molecular weight excluding hydrogens is 734 g/mol. The van der Waals surface area contributed by atoms with Crippen molar-refractivity contribution in [1.29, 1.82) is 0 Å².